The molecule has 1 fully saturated rings. The number of nitrogen functional groups attached to an aromatic ring is 1. The van der Waals surface area contributed by atoms with Crippen LogP contribution in [0.5, 0.6) is 0 Å². The molecule has 1 aromatic heterocycles. The minimum Gasteiger partial charge on any atom is -0.398 e. The van der Waals surface area contributed by atoms with E-state index in [1.54, 1.807) is 0 Å². The molecule has 0 saturated heterocycles. The number of anilines is 1. The van der Waals surface area contributed by atoms with Gasteiger partial charge in [-0.05, 0) is 31.2 Å². The number of nitrogens with zero attached hydrogens (tertiary/aromatic N) is 2. The highest BCUT2D eigenvalue weighted by Crippen LogP contribution is 2.32. The summed E-state index contributed by atoms with van der Waals surface area (Å²) in [4.78, 5) is 3.99. The molecule has 100 valence electrons. The zero-order chi connectivity index (χ0) is 13.2. The first-order valence-electron chi connectivity index (χ1n) is 6.25. The topological polar surface area (TPSA) is 76.3 Å². The van der Waals surface area contributed by atoms with Crippen LogP contribution in [0.3, 0.4) is 0 Å². The third-order valence-corrected chi connectivity index (χ3v) is 4.97. The van der Waals surface area contributed by atoms with Gasteiger partial charge in [-0.3, -0.25) is 4.98 Å². The van der Waals surface area contributed by atoms with Gasteiger partial charge < -0.3 is 5.73 Å². The summed E-state index contributed by atoms with van der Waals surface area (Å²) in [7, 11) is -3.50. The maximum atomic E-state index is 12.5. The van der Waals surface area contributed by atoms with Gasteiger partial charge in [0.15, 0.2) is 0 Å². The molecule has 0 unspecified atom stereocenters. The average Bonchev–Trinajstić information content (AvgIpc) is 3.13. The fourth-order valence-electron chi connectivity index (χ4n) is 1.89. The Bertz CT molecular complexity index is 512. The minimum atomic E-state index is -3.50. The highest BCUT2D eigenvalue weighted by Gasteiger charge is 2.32. The van der Waals surface area contributed by atoms with Crippen molar-refractivity contribution in [3.63, 3.8) is 0 Å². The number of sulfonamides is 1. The first-order valence-corrected chi connectivity index (χ1v) is 7.69. The van der Waals surface area contributed by atoms with Crippen LogP contribution in [0.25, 0.3) is 0 Å². The molecule has 1 heterocycles. The van der Waals surface area contributed by atoms with Crippen molar-refractivity contribution in [2.45, 2.75) is 31.1 Å². The van der Waals surface area contributed by atoms with Crippen molar-refractivity contribution in [2.24, 2.45) is 5.92 Å². The van der Waals surface area contributed by atoms with E-state index in [1.807, 2.05) is 6.92 Å². The van der Waals surface area contributed by atoms with Crippen LogP contribution in [0.2, 0.25) is 0 Å². The lowest BCUT2D eigenvalue weighted by Gasteiger charge is -2.22. The number of hydrogen-bond donors (Lipinski definition) is 1. The van der Waals surface area contributed by atoms with Gasteiger partial charge in [0.1, 0.15) is 4.90 Å². The van der Waals surface area contributed by atoms with Crippen LogP contribution in [0.1, 0.15) is 26.2 Å². The van der Waals surface area contributed by atoms with Crippen molar-refractivity contribution in [1.82, 2.24) is 9.29 Å². The van der Waals surface area contributed by atoms with Crippen LogP contribution >= 0.6 is 0 Å². The standard InChI is InChI=1S/C12H19N3O2S/c1-2-7-15(9-10-3-4-10)18(16,17)12-8-14-6-5-11(12)13/h5-6,8,10H,2-4,7,9H2,1H3,(H2,13,14). The lowest BCUT2D eigenvalue weighted by molar-refractivity contribution is 0.396. The van der Waals surface area contributed by atoms with Gasteiger partial charge in [-0.25, -0.2) is 8.42 Å². The lowest BCUT2D eigenvalue weighted by Crippen LogP contribution is -2.34. The summed E-state index contributed by atoms with van der Waals surface area (Å²) < 4.78 is 26.6. The SMILES string of the molecule is CCCN(CC1CC1)S(=O)(=O)c1cnccc1N. The Kier molecular flexibility index (Phi) is 3.87. The van der Waals surface area contributed by atoms with E-state index in [4.69, 9.17) is 5.73 Å². The van der Waals surface area contributed by atoms with Crippen molar-refractivity contribution < 1.29 is 8.42 Å². The van der Waals surface area contributed by atoms with Gasteiger partial charge in [0.05, 0.1) is 5.69 Å². The molecule has 5 nitrogen and oxygen atoms in total. The minimum absolute atomic E-state index is 0.124. The van der Waals surface area contributed by atoms with E-state index < -0.39 is 10.0 Å². The number of nitrogens with two attached hydrogens (primary N) is 1. The van der Waals surface area contributed by atoms with Crippen molar-refractivity contribution in [2.75, 3.05) is 18.8 Å². The lowest BCUT2D eigenvalue weighted by atomic mass is 10.4. The van der Waals surface area contributed by atoms with Gasteiger partial charge in [0, 0.05) is 25.5 Å². The third-order valence-electron chi connectivity index (χ3n) is 3.07. The van der Waals surface area contributed by atoms with Gasteiger partial charge in [-0.2, -0.15) is 4.31 Å². The maximum absolute atomic E-state index is 12.5. The zero-order valence-electron chi connectivity index (χ0n) is 10.5. The van der Waals surface area contributed by atoms with E-state index in [-0.39, 0.29) is 10.6 Å². The molecule has 0 amide bonds. The second-order valence-corrected chi connectivity index (χ2v) is 6.63. The van der Waals surface area contributed by atoms with Crippen molar-refractivity contribution in [3.8, 4) is 0 Å². The molecule has 0 bridgehead atoms. The molecule has 2 N–H and O–H groups in total. The second kappa shape index (κ2) is 5.24. The molecule has 6 heteroatoms. The molecule has 1 aliphatic carbocycles. The highest BCUT2D eigenvalue weighted by molar-refractivity contribution is 7.89. The molecule has 1 aliphatic rings. The molecule has 1 aromatic rings. The normalized spacial score (nSPS) is 16.1. The summed E-state index contributed by atoms with van der Waals surface area (Å²) >= 11 is 0. The van der Waals surface area contributed by atoms with Gasteiger partial charge >= 0.3 is 0 Å². The zero-order valence-corrected chi connectivity index (χ0v) is 11.4. The predicted molar refractivity (Wildman–Crippen MR) is 70.4 cm³/mol. The number of hydrogen-bond acceptors (Lipinski definition) is 4. The first-order chi connectivity index (χ1) is 8.55. The fraction of sp³-hybridized carbons (Fsp3) is 0.583. The average molecular weight is 269 g/mol. The maximum Gasteiger partial charge on any atom is 0.246 e. The van der Waals surface area contributed by atoms with Crippen LogP contribution in [0.4, 0.5) is 5.69 Å². The number of rotatable bonds is 6. The molecule has 0 aromatic carbocycles. The van der Waals surface area contributed by atoms with Crippen molar-refractivity contribution >= 4 is 15.7 Å². The Labute approximate surface area is 108 Å². The van der Waals surface area contributed by atoms with Crippen molar-refractivity contribution in [3.05, 3.63) is 18.5 Å². The summed E-state index contributed by atoms with van der Waals surface area (Å²) in [5.74, 6) is 0.518. The largest absolute Gasteiger partial charge is 0.398 e. The summed E-state index contributed by atoms with van der Waals surface area (Å²) in [5.41, 5.74) is 6.01. The van der Waals surface area contributed by atoms with E-state index in [2.05, 4.69) is 4.98 Å². The molecule has 0 aliphatic heterocycles. The first kappa shape index (κ1) is 13.3. The van der Waals surface area contributed by atoms with Crippen LogP contribution < -0.4 is 5.73 Å². The fourth-order valence-corrected chi connectivity index (χ4v) is 3.56. The van der Waals surface area contributed by atoms with Crippen LogP contribution in [-0.2, 0) is 10.0 Å². The summed E-state index contributed by atoms with van der Waals surface area (Å²) in [6.07, 6.45) is 5.88. The molecule has 2 rings (SSSR count). The molecule has 0 atom stereocenters. The van der Waals surface area contributed by atoms with E-state index in [0.29, 0.717) is 19.0 Å². The molecular weight excluding hydrogens is 250 g/mol. The third kappa shape index (κ3) is 2.81. The van der Waals surface area contributed by atoms with Crippen LogP contribution in [-0.4, -0.2) is 30.8 Å². The predicted octanol–water partition coefficient (Wildman–Crippen LogP) is 1.47. The van der Waals surface area contributed by atoms with E-state index in [9.17, 15) is 8.42 Å². The summed E-state index contributed by atoms with van der Waals surface area (Å²) in [5, 5.41) is 0. The quantitative estimate of drug-likeness (QED) is 0.848. The second-order valence-electron chi connectivity index (χ2n) is 4.72. The molecular formula is C12H19N3O2S. The van der Waals surface area contributed by atoms with Crippen LogP contribution in [0, 0.1) is 5.92 Å². The number of pyridine rings is 1. The van der Waals surface area contributed by atoms with E-state index >= 15 is 0 Å². The Morgan fingerprint density at radius 1 is 1.50 bits per heavy atom. The number of aromatic nitrogens is 1. The van der Waals surface area contributed by atoms with Gasteiger partial charge in [0.2, 0.25) is 10.0 Å². The van der Waals surface area contributed by atoms with E-state index in [1.165, 1.54) is 22.8 Å². The smallest absolute Gasteiger partial charge is 0.246 e. The molecule has 18 heavy (non-hydrogen) atoms. The molecule has 0 spiro atoms. The van der Waals surface area contributed by atoms with Crippen LogP contribution in [0.15, 0.2) is 23.4 Å². The Morgan fingerprint density at radius 3 is 2.78 bits per heavy atom. The van der Waals surface area contributed by atoms with Crippen molar-refractivity contribution in [1.29, 1.82) is 0 Å². The highest BCUT2D eigenvalue weighted by atomic mass is 32.2. The summed E-state index contributed by atoms with van der Waals surface area (Å²) in [6.45, 7) is 3.11. The van der Waals surface area contributed by atoms with E-state index in [0.717, 1.165) is 19.3 Å². The molecule has 0 radical (unpaired) electrons. The Balaban J connectivity index is 2.28. The van der Waals surface area contributed by atoms with Gasteiger partial charge in [0.25, 0.3) is 0 Å². The van der Waals surface area contributed by atoms with Gasteiger partial charge in [-0.1, -0.05) is 6.92 Å². The Morgan fingerprint density at radius 2 is 2.22 bits per heavy atom. The van der Waals surface area contributed by atoms with Gasteiger partial charge in [-0.15, -0.1) is 0 Å². The monoisotopic (exact) mass is 269 g/mol. The summed E-state index contributed by atoms with van der Waals surface area (Å²) in [6, 6.07) is 1.52. The Hall–Kier alpha value is -1.14. The molecule has 1 saturated carbocycles.